The second-order valence-electron chi connectivity index (χ2n) is 7.36. The molecule has 0 radical (unpaired) electrons. The van der Waals surface area contributed by atoms with Crippen LogP contribution in [0.5, 0.6) is 0 Å². The van der Waals surface area contributed by atoms with Gasteiger partial charge in [-0.25, -0.2) is 0 Å². The van der Waals surface area contributed by atoms with E-state index in [1.54, 1.807) is 0 Å². The van der Waals surface area contributed by atoms with E-state index in [1.807, 2.05) is 19.3 Å². The molecule has 2 aromatic rings. The molecule has 2 heteroatoms. The zero-order chi connectivity index (χ0) is 18.2. The summed E-state index contributed by atoms with van der Waals surface area (Å²) in [5.41, 5.74) is 2.99. The average molecular weight is 325 g/mol. The number of pyridine rings is 1. The van der Waals surface area contributed by atoms with Gasteiger partial charge in [0, 0.05) is 23.7 Å². The van der Waals surface area contributed by atoms with Crippen molar-refractivity contribution in [3.8, 4) is 6.07 Å². The first-order chi connectivity index (χ1) is 11.4. The van der Waals surface area contributed by atoms with E-state index >= 15 is 0 Å². The number of nitrogens with zero attached hydrogens (tertiary/aromatic N) is 2. The number of fused-ring (bicyclic) bond motifs is 1. The minimum absolute atomic E-state index is 0.224. The van der Waals surface area contributed by atoms with Crippen LogP contribution < -0.4 is 0 Å². The molecule has 0 fully saturated rings. The van der Waals surface area contributed by atoms with Gasteiger partial charge in [-0.05, 0) is 49.1 Å². The topological polar surface area (TPSA) is 36.7 Å². The summed E-state index contributed by atoms with van der Waals surface area (Å²) in [6, 6.07) is 8.83. The third-order valence-electron chi connectivity index (χ3n) is 4.45. The molecule has 1 aromatic carbocycles. The Balaban J connectivity index is 0.000000351. The summed E-state index contributed by atoms with van der Waals surface area (Å²) in [6.45, 7) is 13.1. The van der Waals surface area contributed by atoms with Crippen LogP contribution in [0.15, 0.2) is 30.6 Å². The van der Waals surface area contributed by atoms with Crippen LogP contribution in [-0.4, -0.2) is 4.98 Å². The molecule has 0 aliphatic heterocycles. The van der Waals surface area contributed by atoms with Crippen LogP contribution in [0.2, 0.25) is 0 Å². The van der Waals surface area contributed by atoms with E-state index < -0.39 is 0 Å². The predicted molar refractivity (Wildman–Crippen MR) is 104 cm³/mol. The van der Waals surface area contributed by atoms with Crippen LogP contribution >= 0.6 is 0 Å². The Kier molecular flexibility index (Phi) is 7.92. The first-order valence-corrected chi connectivity index (χ1v) is 9.10. The van der Waals surface area contributed by atoms with Crippen molar-refractivity contribution >= 4 is 10.8 Å². The molecule has 24 heavy (non-hydrogen) atoms. The summed E-state index contributed by atoms with van der Waals surface area (Å²) < 4.78 is 0. The van der Waals surface area contributed by atoms with Crippen molar-refractivity contribution in [2.75, 3.05) is 0 Å². The number of aromatic nitrogens is 1. The minimum Gasteiger partial charge on any atom is -0.264 e. The van der Waals surface area contributed by atoms with E-state index in [0.717, 1.165) is 12.8 Å². The minimum atomic E-state index is 0.224. The van der Waals surface area contributed by atoms with E-state index in [1.165, 1.54) is 34.7 Å². The molecule has 0 aliphatic carbocycles. The summed E-state index contributed by atoms with van der Waals surface area (Å²) in [5, 5.41) is 10.8. The van der Waals surface area contributed by atoms with E-state index in [-0.39, 0.29) is 11.3 Å². The molecule has 0 N–H and O–H groups in total. The smallest absolute Gasteiger partial charge is 0.0652 e. The van der Waals surface area contributed by atoms with Gasteiger partial charge in [-0.2, -0.15) is 5.26 Å². The highest BCUT2D eigenvalue weighted by atomic mass is 14.6. The number of rotatable bonds is 5. The summed E-state index contributed by atoms with van der Waals surface area (Å²) in [4.78, 5) is 4.28. The van der Waals surface area contributed by atoms with Gasteiger partial charge in [-0.3, -0.25) is 4.98 Å². The van der Waals surface area contributed by atoms with Crippen LogP contribution in [-0.2, 0) is 5.41 Å². The van der Waals surface area contributed by atoms with Crippen molar-refractivity contribution in [1.29, 1.82) is 5.26 Å². The molecule has 1 aromatic heterocycles. The average Bonchev–Trinajstić information content (AvgIpc) is 2.54. The van der Waals surface area contributed by atoms with E-state index in [4.69, 9.17) is 5.26 Å². The normalized spacial score (nSPS) is 12.2. The van der Waals surface area contributed by atoms with Crippen molar-refractivity contribution in [3.05, 3.63) is 41.7 Å². The summed E-state index contributed by atoms with van der Waals surface area (Å²) >= 11 is 0. The fraction of sp³-hybridized carbons (Fsp3) is 0.545. The van der Waals surface area contributed by atoms with Gasteiger partial charge in [0.2, 0.25) is 0 Å². The maximum Gasteiger partial charge on any atom is 0.0652 e. The van der Waals surface area contributed by atoms with E-state index in [0.29, 0.717) is 0 Å². The SMILES string of the molecule is CCCC(C)(C)c1cc(C)cc2ccncc12.CCCC(C)C#N. The zero-order valence-electron chi connectivity index (χ0n) is 16.2. The van der Waals surface area contributed by atoms with Crippen LogP contribution in [0, 0.1) is 24.2 Å². The van der Waals surface area contributed by atoms with Gasteiger partial charge >= 0.3 is 0 Å². The third kappa shape index (κ3) is 5.64. The lowest BCUT2D eigenvalue weighted by atomic mass is 9.78. The summed E-state index contributed by atoms with van der Waals surface area (Å²) in [6.07, 6.45) is 8.45. The quantitative estimate of drug-likeness (QED) is 0.624. The molecule has 0 aliphatic rings. The van der Waals surface area contributed by atoms with Crippen molar-refractivity contribution in [1.82, 2.24) is 4.98 Å². The lowest BCUT2D eigenvalue weighted by Crippen LogP contribution is -2.17. The Labute approximate surface area is 147 Å². The standard InChI is InChI=1S/C16H21N.C6H11N/c1-5-7-16(3,4)15-10-12(2)9-13-6-8-17-11-14(13)15;1-3-4-6(2)5-7/h6,8-11H,5,7H2,1-4H3;6H,3-4H2,1-2H3. The highest BCUT2D eigenvalue weighted by Gasteiger charge is 2.22. The highest BCUT2D eigenvalue weighted by Crippen LogP contribution is 2.34. The Morgan fingerprint density at radius 1 is 1.21 bits per heavy atom. The Morgan fingerprint density at radius 2 is 1.92 bits per heavy atom. The molecule has 0 amide bonds. The van der Waals surface area contributed by atoms with Gasteiger partial charge in [0.05, 0.1) is 6.07 Å². The second-order valence-corrected chi connectivity index (χ2v) is 7.36. The molecule has 1 heterocycles. The maximum atomic E-state index is 8.22. The fourth-order valence-electron chi connectivity index (χ4n) is 3.17. The Morgan fingerprint density at radius 3 is 2.46 bits per heavy atom. The van der Waals surface area contributed by atoms with Gasteiger partial charge in [-0.1, -0.05) is 58.2 Å². The van der Waals surface area contributed by atoms with E-state index in [9.17, 15) is 0 Å². The number of hydrogen-bond donors (Lipinski definition) is 0. The molecule has 1 atom stereocenters. The van der Waals surface area contributed by atoms with Crippen molar-refractivity contribution < 1.29 is 0 Å². The highest BCUT2D eigenvalue weighted by molar-refractivity contribution is 5.86. The largest absolute Gasteiger partial charge is 0.264 e. The van der Waals surface area contributed by atoms with Gasteiger partial charge in [-0.15, -0.1) is 0 Å². The predicted octanol–water partition coefficient (Wildman–Crippen LogP) is 6.57. The lowest BCUT2D eigenvalue weighted by molar-refractivity contribution is 0.476. The van der Waals surface area contributed by atoms with Crippen LogP contribution in [0.1, 0.15) is 71.4 Å². The van der Waals surface area contributed by atoms with Crippen LogP contribution in [0.4, 0.5) is 0 Å². The fourth-order valence-corrected chi connectivity index (χ4v) is 3.17. The van der Waals surface area contributed by atoms with Crippen molar-refractivity contribution in [3.63, 3.8) is 0 Å². The van der Waals surface area contributed by atoms with E-state index in [2.05, 4.69) is 63.9 Å². The van der Waals surface area contributed by atoms with Gasteiger partial charge in [0.25, 0.3) is 0 Å². The number of aryl methyl sites for hydroxylation is 1. The van der Waals surface area contributed by atoms with Crippen LogP contribution in [0.25, 0.3) is 10.8 Å². The number of nitriles is 1. The molecular formula is C22H32N2. The first-order valence-electron chi connectivity index (χ1n) is 9.10. The third-order valence-corrected chi connectivity index (χ3v) is 4.45. The molecule has 2 nitrogen and oxygen atoms in total. The molecule has 0 spiro atoms. The van der Waals surface area contributed by atoms with Gasteiger partial charge < -0.3 is 0 Å². The molecule has 130 valence electrons. The first kappa shape index (κ1) is 20.2. The van der Waals surface area contributed by atoms with Crippen molar-refractivity contribution in [2.24, 2.45) is 5.92 Å². The Bertz CT molecular complexity index is 680. The molecule has 0 bridgehead atoms. The number of benzene rings is 1. The number of hydrogen-bond acceptors (Lipinski definition) is 2. The summed E-state index contributed by atoms with van der Waals surface area (Å²) in [5.74, 6) is 0.255. The lowest BCUT2D eigenvalue weighted by Gasteiger charge is -2.26. The van der Waals surface area contributed by atoms with Gasteiger partial charge in [0.1, 0.15) is 0 Å². The molecule has 2 rings (SSSR count). The molecule has 0 saturated carbocycles. The molecule has 0 saturated heterocycles. The Hall–Kier alpha value is -1.88. The molecular weight excluding hydrogens is 292 g/mol. The van der Waals surface area contributed by atoms with Crippen molar-refractivity contribution in [2.45, 2.75) is 72.6 Å². The second kappa shape index (κ2) is 9.42. The summed E-state index contributed by atoms with van der Waals surface area (Å²) in [7, 11) is 0. The zero-order valence-corrected chi connectivity index (χ0v) is 16.2. The maximum absolute atomic E-state index is 8.22. The monoisotopic (exact) mass is 324 g/mol. The molecule has 1 unspecified atom stereocenters. The van der Waals surface area contributed by atoms with Gasteiger partial charge in [0.15, 0.2) is 0 Å². The van der Waals surface area contributed by atoms with Crippen LogP contribution in [0.3, 0.4) is 0 Å².